The summed E-state index contributed by atoms with van der Waals surface area (Å²) in [6.07, 6.45) is 6.59. The highest BCUT2D eigenvalue weighted by Gasteiger charge is 2.41. The third kappa shape index (κ3) is 21.3. The molecule has 0 spiro atoms. The van der Waals surface area contributed by atoms with Gasteiger partial charge in [-0.2, -0.15) is 0 Å². The molecule has 0 radical (unpaired) electrons. The van der Waals surface area contributed by atoms with Gasteiger partial charge in [0, 0.05) is 103 Å². The fourth-order valence-corrected chi connectivity index (χ4v) is 9.31. The van der Waals surface area contributed by atoms with Gasteiger partial charge in [0.25, 0.3) is 0 Å². The molecule has 1 aliphatic carbocycles. The van der Waals surface area contributed by atoms with Crippen molar-refractivity contribution in [1.82, 2.24) is 25.9 Å². The van der Waals surface area contributed by atoms with Crippen LogP contribution in [0.3, 0.4) is 0 Å². The number of aromatic amines is 1. The fourth-order valence-electron chi connectivity index (χ4n) is 7.85. The molecule has 3 rings (SSSR count). The van der Waals surface area contributed by atoms with Crippen molar-refractivity contribution in [3.8, 4) is 0 Å². The number of primary amides is 1. The van der Waals surface area contributed by atoms with Gasteiger partial charge in [-0.3, -0.25) is 38.4 Å². The summed E-state index contributed by atoms with van der Waals surface area (Å²) in [6, 6.07) is 0. The largest absolute Gasteiger partial charge is 0.478 e. The number of rotatable bonds is 32. The highest BCUT2D eigenvalue weighted by atomic mass is 32.1. The summed E-state index contributed by atoms with van der Waals surface area (Å²) in [5, 5.41) is 26.6. The van der Waals surface area contributed by atoms with Gasteiger partial charge in [0.05, 0.1) is 43.7 Å². The Labute approximate surface area is 420 Å². The monoisotopic (exact) mass is 1020 g/mol. The minimum absolute atomic E-state index is 0.0525. The summed E-state index contributed by atoms with van der Waals surface area (Å²) >= 11 is 1.17. The topological polar surface area (TPSA) is 320 Å². The molecule has 0 saturated carbocycles. The number of hydrogen-bond acceptors (Lipinski definition) is 14. The summed E-state index contributed by atoms with van der Waals surface area (Å²) in [5.41, 5.74) is 3.74. The number of fused-ring (bicyclic) bond motifs is 1. The van der Waals surface area contributed by atoms with Gasteiger partial charge in [0.2, 0.25) is 29.4 Å². The lowest BCUT2D eigenvalue weighted by Crippen LogP contribution is -2.53. The van der Waals surface area contributed by atoms with Gasteiger partial charge in [-0.25, -0.2) is 14.6 Å². The zero-order valence-electron chi connectivity index (χ0n) is 42.8. The maximum atomic E-state index is 13.3. The number of carboxylic acid groups (broad SMARTS) is 2. The van der Waals surface area contributed by atoms with Crippen LogP contribution in [0.5, 0.6) is 0 Å². The summed E-state index contributed by atoms with van der Waals surface area (Å²) in [7, 11) is 0. The van der Waals surface area contributed by atoms with Crippen LogP contribution >= 0.6 is 11.3 Å². The number of Topliss-reactive ketones (excluding diaryl/α,β-unsaturated/α-hetero) is 4. The lowest BCUT2D eigenvalue weighted by molar-refractivity contribution is -0.148. The Morgan fingerprint density at radius 3 is 2.13 bits per heavy atom. The molecule has 3 atom stereocenters. The second-order valence-electron chi connectivity index (χ2n) is 20.0. The SMILES string of the molecule is CC(=O)NCCCC[C@H](CC(=O)C(C)(C)CC(=O)C(C)(C)CC(=O)C(C)(C)NC(=O)[C@@H](C)Cc1cnc[nH]1)C(N)=O.CCOCCOCCNC(=O)CC1CCc2c(sc(CC(=O)C(=O)O)c2C(=O)O)C1. The van der Waals surface area contributed by atoms with Gasteiger partial charge in [0.15, 0.2) is 5.78 Å². The Bertz CT molecular complexity index is 2180. The number of thiophene rings is 1. The average Bonchev–Trinajstić information content (AvgIpc) is 3.92. The number of aromatic nitrogens is 2. The number of imidazole rings is 1. The molecule has 1 unspecified atom stereocenters. The van der Waals surface area contributed by atoms with Crippen molar-refractivity contribution in [3.05, 3.63) is 39.1 Å². The third-order valence-corrected chi connectivity index (χ3v) is 13.7. The summed E-state index contributed by atoms with van der Waals surface area (Å²) < 4.78 is 10.5. The molecular formula is C50H76N6O14S. The molecule has 2 heterocycles. The van der Waals surface area contributed by atoms with Crippen LogP contribution in [0.2, 0.25) is 0 Å². The third-order valence-electron chi connectivity index (χ3n) is 12.4. The average molecular weight is 1020 g/mol. The molecule has 20 nitrogen and oxygen atoms in total. The van der Waals surface area contributed by atoms with E-state index in [1.165, 1.54) is 24.6 Å². The first-order valence-electron chi connectivity index (χ1n) is 24.1. The van der Waals surface area contributed by atoms with Crippen molar-refractivity contribution < 1.29 is 67.6 Å². The zero-order chi connectivity index (χ0) is 53.7. The van der Waals surface area contributed by atoms with E-state index in [1.54, 1.807) is 54.7 Å². The van der Waals surface area contributed by atoms with Crippen LogP contribution in [0.1, 0.15) is 145 Å². The quantitative estimate of drug-likeness (QED) is 0.0400. The Balaban J connectivity index is 0.000000509. The van der Waals surface area contributed by atoms with Crippen LogP contribution in [-0.2, 0) is 78.3 Å². The Morgan fingerprint density at radius 1 is 0.887 bits per heavy atom. The first-order chi connectivity index (χ1) is 33.1. The molecule has 0 aliphatic heterocycles. The Morgan fingerprint density at radius 2 is 1.54 bits per heavy atom. The normalized spacial score (nSPS) is 14.4. The highest BCUT2D eigenvalue weighted by molar-refractivity contribution is 7.12. The molecule has 0 fully saturated rings. The molecule has 71 heavy (non-hydrogen) atoms. The van der Waals surface area contributed by atoms with Crippen molar-refractivity contribution in [2.75, 3.05) is 39.5 Å². The van der Waals surface area contributed by atoms with Crippen LogP contribution in [0, 0.1) is 28.6 Å². The smallest absolute Gasteiger partial charge is 0.372 e. The molecule has 2 aromatic rings. The molecule has 1 aliphatic rings. The predicted molar refractivity (Wildman–Crippen MR) is 263 cm³/mol. The van der Waals surface area contributed by atoms with Crippen LogP contribution < -0.4 is 21.7 Å². The predicted octanol–water partition coefficient (Wildman–Crippen LogP) is 4.13. The van der Waals surface area contributed by atoms with E-state index in [9.17, 15) is 53.1 Å². The maximum Gasteiger partial charge on any atom is 0.372 e. The van der Waals surface area contributed by atoms with Crippen LogP contribution in [0.15, 0.2) is 12.5 Å². The van der Waals surface area contributed by atoms with Crippen molar-refractivity contribution in [2.45, 2.75) is 145 Å². The minimum atomic E-state index is -1.57. The first kappa shape index (κ1) is 61.4. The molecule has 21 heteroatoms. The Kier molecular flexibility index (Phi) is 25.1. The number of ketones is 4. The van der Waals surface area contributed by atoms with Crippen LogP contribution in [0.25, 0.3) is 0 Å². The molecule has 0 saturated heterocycles. The van der Waals surface area contributed by atoms with Crippen molar-refractivity contribution in [2.24, 2.45) is 34.3 Å². The summed E-state index contributed by atoms with van der Waals surface area (Å²) in [5.74, 6) is -6.64. The van der Waals surface area contributed by atoms with E-state index >= 15 is 0 Å². The van der Waals surface area contributed by atoms with E-state index in [0.717, 1.165) is 10.6 Å². The lowest BCUT2D eigenvalue weighted by atomic mass is 9.71. The number of amides is 4. The number of nitrogens with two attached hydrogens (primary N) is 1. The molecule has 4 amide bonds. The number of hydrogen-bond donors (Lipinski definition) is 7. The molecule has 396 valence electrons. The van der Waals surface area contributed by atoms with Gasteiger partial charge >= 0.3 is 11.9 Å². The number of carbonyl (C=O) groups excluding carboxylic acids is 8. The first-order valence-corrected chi connectivity index (χ1v) is 24.9. The number of nitrogens with one attached hydrogen (secondary N) is 4. The summed E-state index contributed by atoms with van der Waals surface area (Å²) in [6.45, 7) is 17.9. The lowest BCUT2D eigenvalue weighted by Gasteiger charge is -2.33. The minimum Gasteiger partial charge on any atom is -0.478 e. The van der Waals surface area contributed by atoms with Crippen LogP contribution in [0.4, 0.5) is 0 Å². The van der Waals surface area contributed by atoms with E-state index < -0.39 is 58.3 Å². The summed E-state index contributed by atoms with van der Waals surface area (Å²) in [4.78, 5) is 130. The van der Waals surface area contributed by atoms with Gasteiger partial charge in [-0.15, -0.1) is 11.3 Å². The molecule has 0 aromatic carbocycles. The van der Waals surface area contributed by atoms with Gasteiger partial charge in [-0.05, 0) is 64.4 Å². The maximum absolute atomic E-state index is 13.3. The molecule has 2 aromatic heterocycles. The fraction of sp³-hybridized carbons (Fsp3) is 0.660. The number of aliphatic carboxylic acids is 1. The van der Waals surface area contributed by atoms with Gasteiger partial charge in [0.1, 0.15) is 11.6 Å². The van der Waals surface area contributed by atoms with E-state index in [2.05, 4.69) is 25.9 Å². The van der Waals surface area contributed by atoms with E-state index in [4.69, 9.17) is 20.3 Å². The Hall–Kier alpha value is -5.67. The second kappa shape index (κ2) is 29.0. The number of ether oxygens (including phenoxy) is 2. The zero-order valence-corrected chi connectivity index (χ0v) is 43.7. The number of H-pyrrole nitrogens is 1. The number of nitrogens with zero attached hydrogens (tertiary/aromatic N) is 1. The molecule has 0 bridgehead atoms. The van der Waals surface area contributed by atoms with Crippen molar-refractivity contribution in [1.29, 1.82) is 0 Å². The number of aromatic carboxylic acids is 1. The van der Waals surface area contributed by atoms with E-state index in [1.807, 2.05) is 6.92 Å². The molecular weight excluding hydrogens is 941 g/mol. The highest BCUT2D eigenvalue weighted by Crippen LogP contribution is 2.38. The second-order valence-corrected chi connectivity index (χ2v) is 21.1. The van der Waals surface area contributed by atoms with Crippen LogP contribution in [-0.4, -0.2) is 124 Å². The number of carboxylic acids is 2. The van der Waals surface area contributed by atoms with Gasteiger partial charge in [-0.1, -0.05) is 41.0 Å². The van der Waals surface area contributed by atoms with Gasteiger partial charge < -0.3 is 46.4 Å². The van der Waals surface area contributed by atoms with E-state index in [0.29, 0.717) is 96.4 Å². The molecule has 8 N–H and O–H groups in total. The number of unbranched alkanes of at least 4 members (excludes halogenated alkanes) is 1. The standard InChI is InChI=1S/C30H49N5O6.C20H27NO8S/c1-19(13-22-17-32-18-34-22)27(41)35-30(7,8)25(39)16-29(5,6)24(38)15-28(3,4)23(37)14-21(26(31)40)11-9-10-12-33-20(2)36;1-2-28-7-8-29-6-5-21-17(23)10-12-3-4-13-15(9-12)30-16(18(13)20(26)27)11-14(22)19(24)25/h17-19,21H,9-16H2,1-8H3,(H2,31,40)(H,32,34)(H,33,36)(H,35,41);12H,2-11H2,1H3,(H,21,23)(H,24,25)(H,26,27)/t19-,21+;/m0./s1. The number of carbonyl (C=O) groups is 10. The van der Waals surface area contributed by atoms with Crippen molar-refractivity contribution >= 4 is 70.0 Å². The van der Waals surface area contributed by atoms with Crippen molar-refractivity contribution in [3.63, 3.8) is 0 Å². The van der Waals surface area contributed by atoms with E-state index in [-0.39, 0.29) is 70.7 Å².